The van der Waals surface area contributed by atoms with Gasteiger partial charge < -0.3 is 4.74 Å². The summed E-state index contributed by atoms with van der Waals surface area (Å²) in [6, 6.07) is 1.82. The van der Waals surface area contributed by atoms with E-state index in [2.05, 4.69) is 0 Å². The molecule has 1 aromatic rings. The van der Waals surface area contributed by atoms with Crippen LogP contribution < -0.4 is 0 Å². The van der Waals surface area contributed by atoms with Crippen molar-refractivity contribution in [3.05, 3.63) is 33.3 Å². The molecule has 0 heterocycles. The fourth-order valence-corrected chi connectivity index (χ4v) is 3.47. The van der Waals surface area contributed by atoms with Crippen molar-refractivity contribution in [1.29, 1.82) is 0 Å². The molecule has 6 heteroatoms. The van der Waals surface area contributed by atoms with E-state index in [0.717, 1.165) is 11.1 Å². The number of alkyl halides is 2. The van der Waals surface area contributed by atoms with Gasteiger partial charge in [-0.3, -0.25) is 9.59 Å². The fraction of sp³-hybridized carbons (Fsp3) is 0.500. The Kier molecular flexibility index (Phi) is 5.41. The summed E-state index contributed by atoms with van der Waals surface area (Å²) in [4.78, 5) is 24.2. The highest BCUT2D eigenvalue weighted by Gasteiger charge is 2.41. The second-order valence-corrected chi connectivity index (χ2v) is 7.24. The predicted octanol–water partition coefficient (Wildman–Crippen LogP) is 4.45. The van der Waals surface area contributed by atoms with Crippen LogP contribution in [0.4, 0.5) is 0 Å². The molecular weight excluding hydrogens is 347 g/mol. The van der Waals surface area contributed by atoms with Crippen LogP contribution in [-0.4, -0.2) is 22.7 Å². The first kappa shape index (κ1) is 17.6. The number of ether oxygens (including phenoxy) is 1. The lowest BCUT2D eigenvalue weighted by Gasteiger charge is -2.29. The lowest BCUT2D eigenvalue weighted by Crippen LogP contribution is -2.33. The molecule has 1 aliphatic carbocycles. The number of carbonyl (C=O) groups excluding carboxylic acids is 2. The van der Waals surface area contributed by atoms with Crippen LogP contribution in [0.5, 0.6) is 0 Å². The lowest BCUT2D eigenvalue weighted by molar-refractivity contribution is -0.143. The first-order chi connectivity index (χ1) is 10.3. The van der Waals surface area contributed by atoms with E-state index in [0.29, 0.717) is 42.0 Å². The minimum Gasteiger partial charge on any atom is -0.466 e. The molecule has 0 spiro atoms. The standard InChI is InChI=1S/C16H17Cl3O3/c1-3-22-13(20)5-4-11-12(17)8-9(2)10-6-7-16(18,19)15(21)14(10)11/h8H,3-7H2,1-2H3. The molecule has 0 amide bonds. The molecule has 0 saturated heterocycles. The minimum atomic E-state index is -1.43. The molecule has 0 atom stereocenters. The van der Waals surface area contributed by atoms with Crippen molar-refractivity contribution in [3.63, 3.8) is 0 Å². The molecule has 22 heavy (non-hydrogen) atoms. The zero-order valence-electron chi connectivity index (χ0n) is 12.5. The van der Waals surface area contributed by atoms with Crippen LogP contribution in [0.25, 0.3) is 0 Å². The number of rotatable bonds is 4. The van der Waals surface area contributed by atoms with Crippen molar-refractivity contribution >= 4 is 46.6 Å². The van der Waals surface area contributed by atoms with E-state index in [1.165, 1.54) is 0 Å². The van der Waals surface area contributed by atoms with Gasteiger partial charge >= 0.3 is 5.97 Å². The Morgan fingerprint density at radius 1 is 1.41 bits per heavy atom. The minimum absolute atomic E-state index is 0.161. The number of benzene rings is 1. The summed E-state index contributed by atoms with van der Waals surface area (Å²) in [5.74, 6) is -0.652. The molecule has 0 unspecified atom stereocenters. The zero-order chi connectivity index (χ0) is 16.5. The van der Waals surface area contributed by atoms with E-state index in [-0.39, 0.29) is 18.2 Å². The molecule has 0 aliphatic heterocycles. The third-order valence-electron chi connectivity index (χ3n) is 3.84. The maximum atomic E-state index is 12.6. The average molecular weight is 364 g/mol. The van der Waals surface area contributed by atoms with Gasteiger partial charge in [-0.25, -0.2) is 0 Å². The monoisotopic (exact) mass is 362 g/mol. The van der Waals surface area contributed by atoms with Crippen molar-refractivity contribution in [1.82, 2.24) is 0 Å². The summed E-state index contributed by atoms with van der Waals surface area (Å²) in [6.45, 7) is 3.98. The normalized spacial score (nSPS) is 16.3. The lowest BCUT2D eigenvalue weighted by atomic mass is 9.83. The number of Topliss-reactive ketones (excluding diaryl/α,β-unsaturated/α-hetero) is 1. The highest BCUT2D eigenvalue weighted by molar-refractivity contribution is 6.60. The Morgan fingerprint density at radius 3 is 2.73 bits per heavy atom. The SMILES string of the molecule is CCOC(=O)CCc1c(Cl)cc(C)c2c1C(=O)C(Cl)(Cl)CC2. The van der Waals surface area contributed by atoms with Gasteiger partial charge in [-0.1, -0.05) is 34.8 Å². The summed E-state index contributed by atoms with van der Waals surface area (Å²) in [5.41, 5.74) is 2.97. The van der Waals surface area contributed by atoms with Gasteiger partial charge in [0.1, 0.15) is 0 Å². The molecule has 0 N–H and O–H groups in total. The Labute approximate surface area is 144 Å². The van der Waals surface area contributed by atoms with Crippen molar-refractivity contribution in [2.45, 2.75) is 43.9 Å². The molecule has 3 nitrogen and oxygen atoms in total. The van der Waals surface area contributed by atoms with E-state index in [9.17, 15) is 9.59 Å². The molecule has 0 fully saturated rings. The summed E-state index contributed by atoms with van der Waals surface area (Å²) in [7, 11) is 0. The topological polar surface area (TPSA) is 43.4 Å². The number of fused-ring (bicyclic) bond motifs is 1. The number of halogens is 3. The Bertz CT molecular complexity index is 624. The van der Waals surface area contributed by atoms with Gasteiger partial charge in [0.2, 0.25) is 0 Å². The average Bonchev–Trinajstić information content (AvgIpc) is 2.43. The smallest absolute Gasteiger partial charge is 0.306 e. The summed E-state index contributed by atoms with van der Waals surface area (Å²) < 4.78 is 3.49. The maximum absolute atomic E-state index is 12.6. The summed E-state index contributed by atoms with van der Waals surface area (Å²) in [5, 5.41) is 0.458. The van der Waals surface area contributed by atoms with Gasteiger partial charge in [0.15, 0.2) is 10.1 Å². The number of aryl methyl sites for hydroxylation is 1. The third kappa shape index (κ3) is 3.42. The number of hydrogen-bond acceptors (Lipinski definition) is 3. The second-order valence-electron chi connectivity index (χ2n) is 5.35. The van der Waals surface area contributed by atoms with Crippen LogP contribution in [0.2, 0.25) is 5.02 Å². The first-order valence-electron chi connectivity index (χ1n) is 7.17. The molecule has 0 saturated carbocycles. The molecule has 0 bridgehead atoms. The van der Waals surface area contributed by atoms with E-state index < -0.39 is 4.33 Å². The van der Waals surface area contributed by atoms with E-state index in [1.54, 1.807) is 6.92 Å². The highest BCUT2D eigenvalue weighted by atomic mass is 35.5. The van der Waals surface area contributed by atoms with Crippen molar-refractivity contribution in [3.8, 4) is 0 Å². The third-order valence-corrected chi connectivity index (χ3v) is 4.90. The Balaban J connectivity index is 2.42. The second kappa shape index (κ2) is 6.77. The molecule has 120 valence electrons. The van der Waals surface area contributed by atoms with Gasteiger partial charge in [0.05, 0.1) is 6.61 Å². The van der Waals surface area contributed by atoms with Gasteiger partial charge in [-0.15, -0.1) is 0 Å². The number of ketones is 1. The van der Waals surface area contributed by atoms with Gasteiger partial charge in [-0.05, 0) is 55.9 Å². The maximum Gasteiger partial charge on any atom is 0.306 e. The fourth-order valence-electron chi connectivity index (χ4n) is 2.74. The van der Waals surface area contributed by atoms with Crippen molar-refractivity contribution in [2.24, 2.45) is 0 Å². The number of esters is 1. The van der Waals surface area contributed by atoms with Crippen molar-refractivity contribution in [2.75, 3.05) is 6.61 Å². The van der Waals surface area contributed by atoms with Gasteiger partial charge in [0, 0.05) is 17.0 Å². The molecular formula is C16H17Cl3O3. The quantitative estimate of drug-likeness (QED) is 0.586. The van der Waals surface area contributed by atoms with Crippen LogP contribution in [0.15, 0.2) is 6.07 Å². The van der Waals surface area contributed by atoms with Gasteiger partial charge in [-0.2, -0.15) is 0 Å². The molecule has 0 aromatic heterocycles. The first-order valence-corrected chi connectivity index (χ1v) is 8.30. The highest BCUT2D eigenvalue weighted by Crippen LogP contribution is 2.41. The predicted molar refractivity (Wildman–Crippen MR) is 88.2 cm³/mol. The Morgan fingerprint density at radius 2 is 2.09 bits per heavy atom. The molecule has 2 rings (SSSR count). The molecule has 0 radical (unpaired) electrons. The van der Waals surface area contributed by atoms with Crippen LogP contribution in [0, 0.1) is 6.92 Å². The van der Waals surface area contributed by atoms with Crippen LogP contribution in [0.1, 0.15) is 46.8 Å². The van der Waals surface area contributed by atoms with Gasteiger partial charge in [0.25, 0.3) is 0 Å². The number of hydrogen-bond donors (Lipinski definition) is 0. The summed E-state index contributed by atoms with van der Waals surface area (Å²) in [6.07, 6.45) is 1.48. The van der Waals surface area contributed by atoms with Crippen LogP contribution >= 0.6 is 34.8 Å². The van der Waals surface area contributed by atoms with E-state index in [1.807, 2.05) is 13.0 Å². The Hall–Kier alpha value is -0.770. The molecule has 1 aliphatic rings. The van der Waals surface area contributed by atoms with Crippen LogP contribution in [0.3, 0.4) is 0 Å². The van der Waals surface area contributed by atoms with Crippen LogP contribution in [-0.2, 0) is 22.4 Å². The van der Waals surface area contributed by atoms with E-state index in [4.69, 9.17) is 39.5 Å². The number of carbonyl (C=O) groups is 2. The zero-order valence-corrected chi connectivity index (χ0v) is 14.7. The molecule has 1 aromatic carbocycles. The van der Waals surface area contributed by atoms with E-state index >= 15 is 0 Å². The van der Waals surface area contributed by atoms with Crippen molar-refractivity contribution < 1.29 is 14.3 Å². The largest absolute Gasteiger partial charge is 0.466 e. The summed E-state index contributed by atoms with van der Waals surface area (Å²) >= 11 is 18.5.